The predicted octanol–water partition coefficient (Wildman–Crippen LogP) is 4.58. The minimum absolute atomic E-state index is 0.0967. The van der Waals surface area contributed by atoms with Gasteiger partial charge in [-0.2, -0.15) is 0 Å². The van der Waals surface area contributed by atoms with Gasteiger partial charge in [0.25, 0.3) is 0 Å². The molecular formula is C24H25NO3. The Morgan fingerprint density at radius 2 is 1.68 bits per heavy atom. The molecule has 4 heteroatoms. The van der Waals surface area contributed by atoms with E-state index in [0.29, 0.717) is 23.4 Å². The normalized spacial score (nSPS) is 30.8. The molecule has 0 amide bonds. The number of hydrogen-bond acceptors (Lipinski definition) is 4. The van der Waals surface area contributed by atoms with Gasteiger partial charge in [0, 0.05) is 16.9 Å². The first kappa shape index (κ1) is 17.6. The quantitative estimate of drug-likeness (QED) is 0.567. The Hall–Kier alpha value is -2.49. The standard InChI is InChI=1S/C24H25NO3/c26-22(24-12-16-9-17(13-24)11-18(10-16)14-24)15-28-23(27)8-7-20-6-5-19-3-1-2-4-21(19)25-20/h1-8,16-18H,9-15H2. The molecule has 0 atom stereocenters. The van der Waals surface area contributed by atoms with Crippen LogP contribution in [0.15, 0.2) is 42.5 Å². The Morgan fingerprint density at radius 1 is 1.00 bits per heavy atom. The molecule has 2 aromatic rings. The number of ketones is 1. The van der Waals surface area contributed by atoms with Gasteiger partial charge < -0.3 is 4.74 Å². The zero-order chi connectivity index (χ0) is 19.1. The molecule has 4 saturated carbocycles. The number of carbonyl (C=O) groups is 2. The number of para-hydroxylation sites is 1. The molecule has 4 fully saturated rings. The number of rotatable bonds is 5. The van der Waals surface area contributed by atoms with Gasteiger partial charge in [-0.1, -0.05) is 24.3 Å². The highest BCUT2D eigenvalue weighted by atomic mass is 16.5. The second-order valence-electron chi connectivity index (χ2n) is 8.99. The van der Waals surface area contributed by atoms with Crippen molar-refractivity contribution in [2.75, 3.05) is 6.61 Å². The number of esters is 1. The van der Waals surface area contributed by atoms with Crippen LogP contribution >= 0.6 is 0 Å². The van der Waals surface area contributed by atoms with E-state index < -0.39 is 5.97 Å². The smallest absolute Gasteiger partial charge is 0.331 e. The molecule has 4 nitrogen and oxygen atoms in total. The second-order valence-corrected chi connectivity index (χ2v) is 8.99. The summed E-state index contributed by atoms with van der Waals surface area (Å²) in [6.45, 7) is -0.0967. The van der Waals surface area contributed by atoms with Crippen LogP contribution in [0, 0.1) is 23.2 Å². The largest absolute Gasteiger partial charge is 0.455 e. The monoisotopic (exact) mass is 375 g/mol. The number of carbonyl (C=O) groups excluding carboxylic acids is 2. The predicted molar refractivity (Wildman–Crippen MR) is 107 cm³/mol. The molecule has 0 spiro atoms. The van der Waals surface area contributed by atoms with Crippen LogP contribution in [0.2, 0.25) is 0 Å². The highest BCUT2D eigenvalue weighted by Crippen LogP contribution is 2.60. The Balaban J connectivity index is 1.20. The molecule has 0 saturated heterocycles. The molecule has 28 heavy (non-hydrogen) atoms. The van der Waals surface area contributed by atoms with Crippen molar-refractivity contribution in [3.05, 3.63) is 48.2 Å². The maximum absolute atomic E-state index is 12.9. The molecule has 1 aromatic carbocycles. The van der Waals surface area contributed by atoms with E-state index in [2.05, 4.69) is 4.98 Å². The van der Waals surface area contributed by atoms with Crippen molar-refractivity contribution in [2.45, 2.75) is 38.5 Å². The van der Waals surface area contributed by atoms with Crippen LogP contribution < -0.4 is 0 Å². The molecule has 4 aliphatic carbocycles. The number of hydrogen-bond donors (Lipinski definition) is 0. The molecular weight excluding hydrogens is 350 g/mol. The summed E-state index contributed by atoms with van der Waals surface area (Å²) in [4.78, 5) is 29.5. The first-order valence-corrected chi connectivity index (χ1v) is 10.3. The average Bonchev–Trinajstić information content (AvgIpc) is 2.69. The summed E-state index contributed by atoms with van der Waals surface area (Å²) in [6.07, 6.45) is 9.92. The molecule has 0 unspecified atom stereocenters. The van der Waals surface area contributed by atoms with Gasteiger partial charge in [-0.25, -0.2) is 9.78 Å². The van der Waals surface area contributed by atoms with Gasteiger partial charge in [0.15, 0.2) is 12.4 Å². The number of ether oxygens (including phenoxy) is 1. The molecule has 0 radical (unpaired) electrons. The van der Waals surface area contributed by atoms with Crippen molar-refractivity contribution in [1.29, 1.82) is 0 Å². The van der Waals surface area contributed by atoms with Crippen LogP contribution in [0.5, 0.6) is 0 Å². The maximum atomic E-state index is 12.9. The lowest BCUT2D eigenvalue weighted by Gasteiger charge is -2.55. The lowest BCUT2D eigenvalue weighted by molar-refractivity contribution is -0.155. The van der Waals surface area contributed by atoms with E-state index in [0.717, 1.165) is 30.2 Å². The third kappa shape index (κ3) is 3.25. The lowest BCUT2D eigenvalue weighted by atomic mass is 9.48. The van der Waals surface area contributed by atoms with Gasteiger partial charge in [-0.3, -0.25) is 4.79 Å². The molecule has 4 aliphatic rings. The maximum Gasteiger partial charge on any atom is 0.331 e. The molecule has 0 aliphatic heterocycles. The van der Waals surface area contributed by atoms with Gasteiger partial charge in [0.2, 0.25) is 0 Å². The van der Waals surface area contributed by atoms with Gasteiger partial charge in [-0.05, 0) is 74.5 Å². The van der Waals surface area contributed by atoms with Crippen LogP contribution in [0.3, 0.4) is 0 Å². The van der Waals surface area contributed by atoms with Crippen LogP contribution in [0.1, 0.15) is 44.2 Å². The van der Waals surface area contributed by atoms with Crippen LogP contribution in [-0.4, -0.2) is 23.3 Å². The van der Waals surface area contributed by atoms with Crippen molar-refractivity contribution in [3.63, 3.8) is 0 Å². The topological polar surface area (TPSA) is 56.3 Å². The lowest BCUT2D eigenvalue weighted by Crippen LogP contribution is -2.51. The first-order chi connectivity index (χ1) is 13.6. The molecule has 6 rings (SSSR count). The highest BCUT2D eigenvalue weighted by molar-refractivity contribution is 5.92. The van der Waals surface area contributed by atoms with Gasteiger partial charge in [-0.15, -0.1) is 0 Å². The van der Waals surface area contributed by atoms with Crippen molar-refractivity contribution in [1.82, 2.24) is 4.98 Å². The number of aromatic nitrogens is 1. The minimum atomic E-state index is -0.479. The highest BCUT2D eigenvalue weighted by Gasteiger charge is 2.54. The number of benzene rings is 1. The summed E-state index contributed by atoms with van der Waals surface area (Å²) in [5.41, 5.74) is 1.37. The number of fused-ring (bicyclic) bond motifs is 1. The van der Waals surface area contributed by atoms with E-state index >= 15 is 0 Å². The van der Waals surface area contributed by atoms with Gasteiger partial charge in [0.1, 0.15) is 0 Å². The summed E-state index contributed by atoms with van der Waals surface area (Å²) in [7, 11) is 0. The fourth-order valence-corrected chi connectivity index (χ4v) is 6.12. The van der Waals surface area contributed by atoms with Crippen molar-refractivity contribution in [3.8, 4) is 0 Å². The SMILES string of the molecule is O=C(C=Cc1ccc2ccccc2n1)OCC(=O)C12CC3CC(CC(C3)C1)C2. The van der Waals surface area contributed by atoms with Crippen molar-refractivity contribution >= 4 is 28.7 Å². The molecule has 1 heterocycles. The fraction of sp³-hybridized carbons (Fsp3) is 0.458. The average molecular weight is 375 g/mol. The number of nitrogens with zero attached hydrogens (tertiary/aromatic N) is 1. The van der Waals surface area contributed by atoms with Crippen LogP contribution in [0.25, 0.3) is 17.0 Å². The molecule has 4 bridgehead atoms. The third-order valence-electron chi connectivity index (χ3n) is 6.99. The Kier molecular flexibility index (Phi) is 4.30. The summed E-state index contributed by atoms with van der Waals surface area (Å²) < 4.78 is 5.30. The number of pyridine rings is 1. The summed E-state index contributed by atoms with van der Waals surface area (Å²) >= 11 is 0. The van der Waals surface area contributed by atoms with E-state index in [4.69, 9.17) is 4.74 Å². The summed E-state index contributed by atoms with van der Waals surface area (Å²) in [5, 5.41) is 1.06. The first-order valence-electron chi connectivity index (χ1n) is 10.3. The molecule has 144 valence electrons. The van der Waals surface area contributed by atoms with E-state index in [1.54, 1.807) is 6.08 Å². The van der Waals surface area contributed by atoms with Gasteiger partial charge >= 0.3 is 5.97 Å². The van der Waals surface area contributed by atoms with Crippen LogP contribution in [0.4, 0.5) is 0 Å². The minimum Gasteiger partial charge on any atom is -0.455 e. The molecule has 1 aromatic heterocycles. The fourth-order valence-electron chi connectivity index (χ4n) is 6.12. The van der Waals surface area contributed by atoms with E-state index in [-0.39, 0.29) is 17.8 Å². The number of Topliss-reactive ketones (excluding diaryl/α,β-unsaturated/α-hetero) is 1. The zero-order valence-corrected chi connectivity index (χ0v) is 16.0. The second kappa shape index (κ2) is 6.84. The van der Waals surface area contributed by atoms with Crippen molar-refractivity contribution in [2.24, 2.45) is 23.2 Å². The molecule has 0 N–H and O–H groups in total. The van der Waals surface area contributed by atoms with E-state index in [1.165, 1.54) is 25.3 Å². The summed E-state index contributed by atoms with van der Waals surface area (Å²) in [5.74, 6) is 1.80. The third-order valence-corrected chi connectivity index (χ3v) is 6.99. The van der Waals surface area contributed by atoms with Gasteiger partial charge in [0.05, 0.1) is 11.2 Å². The Labute approximate surface area is 165 Å². The Bertz CT molecular complexity index is 926. The Morgan fingerprint density at radius 3 is 2.39 bits per heavy atom. The van der Waals surface area contributed by atoms with Crippen LogP contribution in [-0.2, 0) is 14.3 Å². The summed E-state index contributed by atoms with van der Waals surface area (Å²) in [6, 6.07) is 11.7. The van der Waals surface area contributed by atoms with Crippen molar-refractivity contribution < 1.29 is 14.3 Å². The van der Waals surface area contributed by atoms with E-state index in [1.807, 2.05) is 36.4 Å². The van der Waals surface area contributed by atoms with E-state index in [9.17, 15) is 9.59 Å². The zero-order valence-electron chi connectivity index (χ0n) is 16.0.